The number of hydrogen-bond acceptors (Lipinski definition) is 8. The second-order valence-corrected chi connectivity index (χ2v) is 9.96. The quantitative estimate of drug-likeness (QED) is 0.440. The van der Waals surface area contributed by atoms with Crippen LogP contribution in [-0.2, 0) is 19.3 Å². The Balaban J connectivity index is 2.34. The van der Waals surface area contributed by atoms with Crippen LogP contribution in [0.25, 0.3) is 0 Å². The number of ether oxygens (including phenoxy) is 2. The summed E-state index contributed by atoms with van der Waals surface area (Å²) in [6.45, 7) is 4.52. The number of thiophene rings is 1. The van der Waals surface area contributed by atoms with Crippen LogP contribution in [-0.4, -0.2) is 63.6 Å². The Hall–Kier alpha value is -0.940. The highest BCUT2D eigenvalue weighted by molar-refractivity contribution is 8.08. The summed E-state index contributed by atoms with van der Waals surface area (Å²) in [6.07, 6.45) is -0.636. The number of fused-ring (bicyclic) bond motifs is 1. The summed E-state index contributed by atoms with van der Waals surface area (Å²) in [5.41, 5.74) is 0.376. The summed E-state index contributed by atoms with van der Waals surface area (Å²) < 4.78 is 36.7. The lowest BCUT2D eigenvalue weighted by atomic mass is 10.0. The van der Waals surface area contributed by atoms with Crippen LogP contribution in [0.3, 0.4) is 0 Å². The third-order valence-electron chi connectivity index (χ3n) is 3.59. The van der Waals surface area contributed by atoms with Crippen molar-refractivity contribution >= 4 is 43.9 Å². The maximum atomic E-state index is 12.8. The van der Waals surface area contributed by atoms with Gasteiger partial charge in [-0.05, 0) is 19.9 Å². The zero-order chi connectivity index (χ0) is 18.8. The summed E-state index contributed by atoms with van der Waals surface area (Å²) in [5.74, 6) is -0.174. The number of hydrogen-bond donors (Lipinski definition) is 1. The molecule has 25 heavy (non-hydrogen) atoms. The number of Topliss-reactive ketones (excluding diaryl/α,β-unsaturated/α-hetero) is 1. The van der Waals surface area contributed by atoms with Gasteiger partial charge in [-0.1, -0.05) is 0 Å². The molecule has 0 fully saturated rings. The molecule has 7 nitrogen and oxygen atoms in total. The predicted octanol–water partition coefficient (Wildman–Crippen LogP) is 2.32. The van der Waals surface area contributed by atoms with Gasteiger partial charge in [0.25, 0.3) is 0 Å². The zero-order valence-electron chi connectivity index (χ0n) is 14.6. The van der Waals surface area contributed by atoms with E-state index in [0.717, 1.165) is 11.3 Å². The number of thioether (sulfide) groups is 1. The summed E-state index contributed by atoms with van der Waals surface area (Å²) >= 11 is 2.46. The van der Waals surface area contributed by atoms with Gasteiger partial charge in [0.2, 0.25) is 15.0 Å². The van der Waals surface area contributed by atoms with Gasteiger partial charge in [-0.2, -0.15) is 0 Å². The Kier molecular flexibility index (Phi) is 6.66. The second kappa shape index (κ2) is 8.17. The minimum Gasteiger partial charge on any atom is -0.353 e. The van der Waals surface area contributed by atoms with Crippen molar-refractivity contribution < 1.29 is 22.7 Å². The minimum atomic E-state index is -3.91. The van der Waals surface area contributed by atoms with E-state index in [9.17, 15) is 13.2 Å². The van der Waals surface area contributed by atoms with Gasteiger partial charge in [-0.25, -0.2) is 8.42 Å². The summed E-state index contributed by atoms with van der Waals surface area (Å²) in [4.78, 5) is 14.1. The van der Waals surface area contributed by atoms with Crippen LogP contribution in [0.5, 0.6) is 0 Å². The van der Waals surface area contributed by atoms with Gasteiger partial charge in [0.15, 0.2) is 12.1 Å². The van der Waals surface area contributed by atoms with Crippen LogP contribution in [0.4, 0.5) is 0 Å². The lowest BCUT2D eigenvalue weighted by Gasteiger charge is -2.27. The fraction of sp³-hybridized carbons (Fsp3) is 0.600. The second-order valence-electron chi connectivity index (χ2n) is 5.53. The molecule has 1 unspecified atom stereocenters. The monoisotopic (exact) mass is 406 g/mol. The molecule has 1 aromatic heterocycles. The van der Waals surface area contributed by atoms with Crippen molar-refractivity contribution in [3.8, 4) is 0 Å². The van der Waals surface area contributed by atoms with Crippen molar-refractivity contribution in [2.75, 3.05) is 33.1 Å². The number of nitrogens with zero attached hydrogens (tertiary/aromatic N) is 1. The molecule has 0 spiro atoms. The third-order valence-corrected chi connectivity index (χ3v) is 8.35. The number of rotatable bonds is 6. The van der Waals surface area contributed by atoms with Gasteiger partial charge < -0.3 is 14.4 Å². The van der Waals surface area contributed by atoms with Crippen molar-refractivity contribution in [1.82, 2.24) is 4.90 Å². The standard InChI is InChI=1S/C15H22N2O5S3/c1-5-21-13(22-6-2)10-8-23-14-9(12(10)18)7-11(24-14)25(19,20)15(16)17(3)4/h7,10,13,16H,5-6,8H2,1-4H3. The highest BCUT2D eigenvalue weighted by atomic mass is 32.2. The highest BCUT2D eigenvalue weighted by Crippen LogP contribution is 2.42. The predicted molar refractivity (Wildman–Crippen MR) is 98.5 cm³/mol. The molecule has 1 aromatic rings. The number of ketones is 1. The zero-order valence-corrected chi connectivity index (χ0v) is 17.0. The Labute approximate surface area is 156 Å². The molecule has 2 heterocycles. The fourth-order valence-corrected chi connectivity index (χ4v) is 6.67. The SMILES string of the molecule is CCOC(OCC)C1CSc2sc(S(=O)(=O)C(=N)N(C)C)cc2C1=O. The van der Waals surface area contributed by atoms with Crippen LogP contribution in [0.15, 0.2) is 14.5 Å². The van der Waals surface area contributed by atoms with Crippen molar-refractivity contribution in [2.45, 2.75) is 28.6 Å². The van der Waals surface area contributed by atoms with Gasteiger partial charge in [-0.3, -0.25) is 10.2 Å². The number of amidine groups is 1. The molecular weight excluding hydrogens is 384 g/mol. The van der Waals surface area contributed by atoms with E-state index in [4.69, 9.17) is 14.9 Å². The molecule has 140 valence electrons. The minimum absolute atomic E-state index is 0.0158. The first-order chi connectivity index (χ1) is 11.7. The van der Waals surface area contributed by atoms with Gasteiger partial charge in [0.05, 0.1) is 10.1 Å². The van der Waals surface area contributed by atoms with E-state index in [2.05, 4.69) is 0 Å². The van der Waals surface area contributed by atoms with E-state index in [1.807, 2.05) is 13.8 Å². The van der Waals surface area contributed by atoms with Gasteiger partial charge in [0, 0.05) is 38.6 Å². The largest absolute Gasteiger partial charge is 0.353 e. The molecule has 1 N–H and O–H groups in total. The highest BCUT2D eigenvalue weighted by Gasteiger charge is 2.38. The molecule has 0 aromatic carbocycles. The van der Waals surface area contributed by atoms with Gasteiger partial charge in [0.1, 0.15) is 4.21 Å². The van der Waals surface area contributed by atoms with E-state index in [-0.39, 0.29) is 9.99 Å². The van der Waals surface area contributed by atoms with Crippen LogP contribution in [0, 0.1) is 11.3 Å². The number of carbonyl (C=O) groups is 1. The van der Waals surface area contributed by atoms with Crippen molar-refractivity contribution in [1.29, 1.82) is 5.41 Å². The average molecular weight is 407 g/mol. The van der Waals surface area contributed by atoms with E-state index in [1.54, 1.807) is 0 Å². The maximum absolute atomic E-state index is 12.8. The molecule has 1 atom stereocenters. The molecule has 0 radical (unpaired) electrons. The molecule has 0 saturated heterocycles. The van der Waals surface area contributed by atoms with E-state index >= 15 is 0 Å². The fourth-order valence-electron chi connectivity index (χ4n) is 2.35. The van der Waals surface area contributed by atoms with Gasteiger partial charge in [-0.15, -0.1) is 23.1 Å². The van der Waals surface area contributed by atoms with Crippen LogP contribution < -0.4 is 0 Å². The Morgan fingerprint density at radius 1 is 1.36 bits per heavy atom. The Bertz CT molecular complexity index is 751. The first kappa shape index (κ1) is 20.4. The Morgan fingerprint density at radius 3 is 2.48 bits per heavy atom. The van der Waals surface area contributed by atoms with Crippen molar-refractivity contribution in [2.24, 2.45) is 5.92 Å². The Morgan fingerprint density at radius 2 is 1.96 bits per heavy atom. The van der Waals surface area contributed by atoms with Crippen LogP contribution >= 0.6 is 23.1 Å². The van der Waals surface area contributed by atoms with E-state index in [1.165, 1.54) is 36.8 Å². The summed E-state index contributed by atoms with van der Waals surface area (Å²) in [6, 6.07) is 1.38. The molecule has 1 aliphatic rings. The van der Waals surface area contributed by atoms with Crippen molar-refractivity contribution in [3.63, 3.8) is 0 Å². The summed E-state index contributed by atoms with van der Waals surface area (Å²) in [5, 5.41) is 7.28. The topological polar surface area (TPSA) is 96.8 Å². The molecule has 0 bridgehead atoms. The molecule has 0 saturated carbocycles. The molecule has 0 amide bonds. The summed E-state index contributed by atoms with van der Waals surface area (Å²) in [7, 11) is -0.918. The van der Waals surface area contributed by atoms with E-state index < -0.39 is 27.2 Å². The molecular formula is C15H22N2O5S3. The van der Waals surface area contributed by atoms with Crippen LogP contribution in [0.1, 0.15) is 24.2 Å². The lowest BCUT2D eigenvalue weighted by molar-refractivity contribution is -0.153. The van der Waals surface area contributed by atoms with Gasteiger partial charge >= 0.3 is 0 Å². The van der Waals surface area contributed by atoms with Crippen molar-refractivity contribution in [3.05, 3.63) is 11.6 Å². The maximum Gasteiger partial charge on any atom is 0.248 e. The smallest absolute Gasteiger partial charge is 0.248 e. The normalized spacial score (nSPS) is 17.6. The molecule has 2 rings (SSSR count). The third kappa shape index (κ3) is 4.08. The number of carbonyl (C=O) groups excluding carboxylic acids is 1. The molecule has 0 aliphatic carbocycles. The first-order valence-electron chi connectivity index (χ1n) is 7.79. The molecule has 1 aliphatic heterocycles. The lowest BCUT2D eigenvalue weighted by Crippen LogP contribution is -2.36. The number of nitrogens with one attached hydrogen (secondary N) is 1. The molecule has 10 heteroatoms. The van der Waals surface area contributed by atoms with E-state index in [0.29, 0.717) is 28.7 Å². The average Bonchev–Trinajstić information content (AvgIpc) is 3.00. The number of sulfone groups is 1. The van der Waals surface area contributed by atoms with Crippen LogP contribution in [0.2, 0.25) is 0 Å². The first-order valence-corrected chi connectivity index (χ1v) is 11.1.